The Bertz CT molecular complexity index is 743. The Morgan fingerprint density at radius 2 is 1.80 bits per heavy atom. The summed E-state index contributed by atoms with van der Waals surface area (Å²) < 4.78 is 1.02. The van der Waals surface area contributed by atoms with Crippen LogP contribution in [0.3, 0.4) is 0 Å². The molecule has 0 unspecified atom stereocenters. The molecular weight excluding hydrogens is 272 g/mol. The van der Waals surface area contributed by atoms with E-state index in [1.807, 2.05) is 24.3 Å². The van der Waals surface area contributed by atoms with E-state index in [-0.39, 0.29) is 5.91 Å². The van der Waals surface area contributed by atoms with Crippen LogP contribution in [0.1, 0.15) is 10.4 Å². The summed E-state index contributed by atoms with van der Waals surface area (Å²) in [5.41, 5.74) is 13.6. The van der Waals surface area contributed by atoms with Gasteiger partial charge >= 0.3 is 0 Å². The first-order chi connectivity index (χ1) is 9.61. The molecule has 3 rings (SSSR count). The van der Waals surface area contributed by atoms with Crippen LogP contribution in [0.25, 0.3) is 10.2 Å². The van der Waals surface area contributed by atoms with Gasteiger partial charge in [0.05, 0.1) is 10.2 Å². The molecule has 3 aromatic rings. The van der Waals surface area contributed by atoms with Crippen molar-refractivity contribution in [2.24, 2.45) is 0 Å². The zero-order valence-electron chi connectivity index (χ0n) is 10.5. The SMILES string of the molecule is Nc1cc(N)cc(C(=O)Nc2nc3ccccc3s2)c1. The lowest BCUT2D eigenvalue weighted by atomic mass is 10.1. The summed E-state index contributed by atoms with van der Waals surface area (Å²) in [6.07, 6.45) is 0. The summed E-state index contributed by atoms with van der Waals surface area (Å²) in [7, 11) is 0. The lowest BCUT2D eigenvalue weighted by molar-refractivity contribution is 0.102. The monoisotopic (exact) mass is 284 g/mol. The van der Waals surface area contributed by atoms with E-state index in [0.717, 1.165) is 10.2 Å². The molecule has 20 heavy (non-hydrogen) atoms. The average molecular weight is 284 g/mol. The molecule has 0 aliphatic carbocycles. The molecule has 0 fully saturated rings. The Morgan fingerprint density at radius 1 is 1.10 bits per heavy atom. The minimum Gasteiger partial charge on any atom is -0.399 e. The quantitative estimate of drug-likeness (QED) is 0.631. The molecule has 0 saturated carbocycles. The second-order valence-corrected chi connectivity index (χ2v) is 5.36. The second kappa shape index (κ2) is 4.82. The molecule has 100 valence electrons. The van der Waals surface area contributed by atoms with Crippen molar-refractivity contribution in [1.82, 2.24) is 4.98 Å². The number of nitrogen functional groups attached to an aromatic ring is 2. The Labute approximate surface area is 119 Å². The fourth-order valence-corrected chi connectivity index (χ4v) is 2.76. The van der Waals surface area contributed by atoms with Gasteiger partial charge in [0, 0.05) is 16.9 Å². The lowest BCUT2D eigenvalue weighted by Gasteiger charge is -2.04. The molecule has 1 amide bonds. The number of carbonyl (C=O) groups excluding carboxylic acids is 1. The van der Waals surface area contributed by atoms with Crippen molar-refractivity contribution in [2.75, 3.05) is 16.8 Å². The number of hydrogen-bond acceptors (Lipinski definition) is 5. The van der Waals surface area contributed by atoms with E-state index in [0.29, 0.717) is 22.1 Å². The van der Waals surface area contributed by atoms with Crippen molar-refractivity contribution < 1.29 is 4.79 Å². The van der Waals surface area contributed by atoms with Crippen molar-refractivity contribution in [3.05, 3.63) is 48.0 Å². The van der Waals surface area contributed by atoms with Crippen LogP contribution < -0.4 is 16.8 Å². The van der Waals surface area contributed by atoms with E-state index >= 15 is 0 Å². The minimum atomic E-state index is -0.275. The maximum Gasteiger partial charge on any atom is 0.257 e. The fourth-order valence-electron chi connectivity index (χ4n) is 1.90. The molecular formula is C14H12N4OS. The van der Waals surface area contributed by atoms with Crippen LogP contribution in [-0.2, 0) is 0 Å². The summed E-state index contributed by atoms with van der Waals surface area (Å²) in [4.78, 5) is 16.5. The Kier molecular flexibility index (Phi) is 3.00. The van der Waals surface area contributed by atoms with Gasteiger partial charge in [-0.15, -0.1) is 0 Å². The first kappa shape index (κ1) is 12.4. The molecule has 0 atom stereocenters. The van der Waals surface area contributed by atoms with Gasteiger partial charge in [0.1, 0.15) is 0 Å². The third-order valence-electron chi connectivity index (χ3n) is 2.75. The van der Waals surface area contributed by atoms with E-state index in [1.54, 1.807) is 18.2 Å². The molecule has 0 radical (unpaired) electrons. The van der Waals surface area contributed by atoms with Crippen LogP contribution in [0.4, 0.5) is 16.5 Å². The topological polar surface area (TPSA) is 94.0 Å². The second-order valence-electron chi connectivity index (χ2n) is 4.33. The van der Waals surface area contributed by atoms with Crippen molar-refractivity contribution >= 4 is 44.0 Å². The number of benzene rings is 2. The molecule has 0 saturated heterocycles. The van der Waals surface area contributed by atoms with Gasteiger partial charge in [0.15, 0.2) is 5.13 Å². The predicted molar refractivity (Wildman–Crippen MR) is 82.8 cm³/mol. The number of carbonyl (C=O) groups is 1. The molecule has 1 heterocycles. The number of hydrogen-bond donors (Lipinski definition) is 3. The third-order valence-corrected chi connectivity index (χ3v) is 3.71. The number of nitrogens with two attached hydrogens (primary N) is 2. The molecule has 0 aliphatic heterocycles. The third kappa shape index (κ3) is 2.41. The normalized spacial score (nSPS) is 10.6. The first-order valence-electron chi connectivity index (χ1n) is 5.95. The van der Waals surface area contributed by atoms with Crippen LogP contribution in [0.15, 0.2) is 42.5 Å². The zero-order chi connectivity index (χ0) is 14.1. The number of fused-ring (bicyclic) bond motifs is 1. The zero-order valence-corrected chi connectivity index (χ0v) is 11.3. The van der Waals surface area contributed by atoms with Crippen molar-refractivity contribution in [2.45, 2.75) is 0 Å². The summed E-state index contributed by atoms with van der Waals surface area (Å²) >= 11 is 1.42. The summed E-state index contributed by atoms with van der Waals surface area (Å²) in [5, 5.41) is 3.31. The molecule has 0 aliphatic rings. The lowest BCUT2D eigenvalue weighted by Crippen LogP contribution is -2.12. The highest BCUT2D eigenvalue weighted by Gasteiger charge is 2.10. The van der Waals surface area contributed by atoms with E-state index in [4.69, 9.17) is 11.5 Å². The number of rotatable bonds is 2. The smallest absolute Gasteiger partial charge is 0.257 e. The molecule has 5 N–H and O–H groups in total. The van der Waals surface area contributed by atoms with Crippen molar-refractivity contribution in [3.63, 3.8) is 0 Å². The number of para-hydroxylation sites is 1. The van der Waals surface area contributed by atoms with Gasteiger partial charge in [-0.05, 0) is 30.3 Å². The number of anilines is 3. The number of nitrogens with one attached hydrogen (secondary N) is 1. The van der Waals surface area contributed by atoms with E-state index in [9.17, 15) is 4.79 Å². The summed E-state index contributed by atoms with van der Waals surface area (Å²) in [5.74, 6) is -0.275. The van der Waals surface area contributed by atoms with Crippen LogP contribution in [0.2, 0.25) is 0 Å². The minimum absolute atomic E-state index is 0.275. The van der Waals surface area contributed by atoms with Crippen molar-refractivity contribution in [3.8, 4) is 0 Å². The average Bonchev–Trinajstić information content (AvgIpc) is 2.79. The Balaban J connectivity index is 1.88. The summed E-state index contributed by atoms with van der Waals surface area (Å²) in [6.45, 7) is 0. The highest BCUT2D eigenvalue weighted by molar-refractivity contribution is 7.22. The number of amides is 1. The molecule has 0 spiro atoms. The predicted octanol–water partition coefficient (Wildman–Crippen LogP) is 2.71. The van der Waals surface area contributed by atoms with E-state index < -0.39 is 0 Å². The largest absolute Gasteiger partial charge is 0.399 e. The number of aromatic nitrogens is 1. The van der Waals surface area contributed by atoms with Crippen LogP contribution in [0.5, 0.6) is 0 Å². The molecule has 5 nitrogen and oxygen atoms in total. The van der Waals surface area contributed by atoms with Gasteiger partial charge in [0.2, 0.25) is 0 Å². The van der Waals surface area contributed by atoms with Crippen LogP contribution in [0, 0.1) is 0 Å². The van der Waals surface area contributed by atoms with Gasteiger partial charge in [-0.1, -0.05) is 23.5 Å². The summed E-state index contributed by atoms with van der Waals surface area (Å²) in [6, 6.07) is 12.5. The fraction of sp³-hybridized carbons (Fsp3) is 0. The Morgan fingerprint density at radius 3 is 2.50 bits per heavy atom. The number of thiazole rings is 1. The Hall–Kier alpha value is -2.60. The van der Waals surface area contributed by atoms with Crippen LogP contribution in [-0.4, -0.2) is 10.9 Å². The number of nitrogens with zero attached hydrogens (tertiary/aromatic N) is 1. The first-order valence-corrected chi connectivity index (χ1v) is 6.76. The van der Waals surface area contributed by atoms with Gasteiger partial charge in [-0.25, -0.2) is 4.98 Å². The maximum atomic E-state index is 12.1. The molecule has 1 aromatic heterocycles. The maximum absolute atomic E-state index is 12.1. The molecule has 6 heteroatoms. The highest BCUT2D eigenvalue weighted by Crippen LogP contribution is 2.26. The molecule has 2 aromatic carbocycles. The van der Waals surface area contributed by atoms with Gasteiger partial charge in [-0.3, -0.25) is 10.1 Å². The van der Waals surface area contributed by atoms with Gasteiger partial charge in [-0.2, -0.15) is 0 Å². The van der Waals surface area contributed by atoms with Gasteiger partial charge in [0.25, 0.3) is 5.91 Å². The van der Waals surface area contributed by atoms with Gasteiger partial charge < -0.3 is 11.5 Å². The van der Waals surface area contributed by atoms with E-state index in [2.05, 4.69) is 10.3 Å². The van der Waals surface area contributed by atoms with E-state index in [1.165, 1.54) is 11.3 Å². The highest BCUT2D eigenvalue weighted by atomic mass is 32.1. The molecule has 0 bridgehead atoms. The van der Waals surface area contributed by atoms with Crippen molar-refractivity contribution in [1.29, 1.82) is 0 Å². The van der Waals surface area contributed by atoms with Crippen LogP contribution >= 0.6 is 11.3 Å². The standard InChI is InChI=1S/C14H12N4OS/c15-9-5-8(6-10(16)7-9)13(19)18-14-17-11-3-1-2-4-12(11)20-14/h1-7H,15-16H2,(H,17,18,19).